The Morgan fingerprint density at radius 1 is 1.43 bits per heavy atom. The van der Waals surface area contributed by atoms with Crippen molar-refractivity contribution < 1.29 is 4.74 Å². The molecule has 0 saturated heterocycles. The molecule has 1 aromatic rings. The summed E-state index contributed by atoms with van der Waals surface area (Å²) in [7, 11) is 0. The first-order chi connectivity index (χ1) is 6.72. The van der Waals surface area contributed by atoms with Gasteiger partial charge in [0, 0.05) is 6.20 Å². The van der Waals surface area contributed by atoms with Crippen molar-refractivity contribution in [2.75, 3.05) is 6.54 Å². The van der Waals surface area contributed by atoms with E-state index in [9.17, 15) is 0 Å². The number of ether oxygens (including phenoxy) is 1. The van der Waals surface area contributed by atoms with E-state index in [4.69, 9.17) is 10.5 Å². The SMILES string of the molecule is CC(C)Oc1cncc(CCCN)c1. The number of hydrogen-bond donors (Lipinski definition) is 1. The minimum absolute atomic E-state index is 0.196. The molecule has 0 amide bonds. The van der Waals surface area contributed by atoms with E-state index in [0.29, 0.717) is 0 Å². The third-order valence-corrected chi connectivity index (χ3v) is 1.81. The maximum absolute atomic E-state index is 5.54. The molecule has 3 heteroatoms. The second-order valence-electron chi connectivity index (χ2n) is 3.59. The molecule has 14 heavy (non-hydrogen) atoms. The van der Waals surface area contributed by atoms with Crippen molar-refractivity contribution in [3.8, 4) is 5.75 Å². The van der Waals surface area contributed by atoms with Crippen LogP contribution in [0, 0.1) is 0 Å². The third-order valence-electron chi connectivity index (χ3n) is 1.81. The van der Waals surface area contributed by atoms with Gasteiger partial charge in [0.15, 0.2) is 0 Å². The number of nitrogens with zero attached hydrogens (tertiary/aromatic N) is 1. The molecule has 0 spiro atoms. The molecule has 0 bridgehead atoms. The molecule has 78 valence electrons. The lowest BCUT2D eigenvalue weighted by molar-refractivity contribution is 0.241. The van der Waals surface area contributed by atoms with Gasteiger partial charge in [-0.3, -0.25) is 4.98 Å². The van der Waals surface area contributed by atoms with Crippen molar-refractivity contribution in [2.45, 2.75) is 32.8 Å². The van der Waals surface area contributed by atoms with E-state index in [-0.39, 0.29) is 6.10 Å². The minimum atomic E-state index is 0.196. The van der Waals surface area contributed by atoms with Gasteiger partial charge in [0.25, 0.3) is 0 Å². The van der Waals surface area contributed by atoms with Crippen LogP contribution in [0.25, 0.3) is 0 Å². The summed E-state index contributed by atoms with van der Waals surface area (Å²) in [5, 5.41) is 0. The topological polar surface area (TPSA) is 48.1 Å². The third kappa shape index (κ3) is 3.75. The predicted octanol–water partition coefficient (Wildman–Crippen LogP) is 1.76. The van der Waals surface area contributed by atoms with Gasteiger partial charge in [-0.1, -0.05) is 0 Å². The molecule has 0 aromatic carbocycles. The van der Waals surface area contributed by atoms with E-state index >= 15 is 0 Å². The lowest BCUT2D eigenvalue weighted by Gasteiger charge is -2.09. The van der Waals surface area contributed by atoms with Crippen molar-refractivity contribution in [3.63, 3.8) is 0 Å². The van der Waals surface area contributed by atoms with Gasteiger partial charge in [0.05, 0.1) is 12.3 Å². The van der Waals surface area contributed by atoms with Gasteiger partial charge in [-0.05, 0) is 44.9 Å². The van der Waals surface area contributed by atoms with E-state index < -0.39 is 0 Å². The fourth-order valence-corrected chi connectivity index (χ4v) is 1.24. The number of nitrogens with two attached hydrogens (primary N) is 1. The molecule has 0 fully saturated rings. The van der Waals surface area contributed by atoms with Crippen LogP contribution >= 0.6 is 0 Å². The van der Waals surface area contributed by atoms with Gasteiger partial charge >= 0.3 is 0 Å². The van der Waals surface area contributed by atoms with Gasteiger partial charge in [-0.2, -0.15) is 0 Å². The zero-order valence-electron chi connectivity index (χ0n) is 8.86. The van der Waals surface area contributed by atoms with Crippen LogP contribution in [-0.2, 0) is 6.42 Å². The van der Waals surface area contributed by atoms with Gasteiger partial charge in [0.1, 0.15) is 5.75 Å². The van der Waals surface area contributed by atoms with Crippen LogP contribution in [0.1, 0.15) is 25.8 Å². The quantitative estimate of drug-likeness (QED) is 0.777. The molecule has 1 heterocycles. The first kappa shape index (κ1) is 11.0. The summed E-state index contributed by atoms with van der Waals surface area (Å²) in [6.07, 6.45) is 5.77. The van der Waals surface area contributed by atoms with Crippen LogP contribution in [0.4, 0.5) is 0 Å². The average Bonchev–Trinajstić information content (AvgIpc) is 2.14. The first-order valence-electron chi connectivity index (χ1n) is 5.03. The molecule has 0 aliphatic carbocycles. The van der Waals surface area contributed by atoms with Crippen LogP contribution < -0.4 is 10.5 Å². The summed E-state index contributed by atoms with van der Waals surface area (Å²) in [6, 6.07) is 2.03. The van der Waals surface area contributed by atoms with E-state index in [0.717, 1.165) is 25.1 Å². The minimum Gasteiger partial charge on any atom is -0.489 e. The van der Waals surface area contributed by atoms with Crippen LogP contribution in [0.2, 0.25) is 0 Å². The zero-order chi connectivity index (χ0) is 10.4. The van der Waals surface area contributed by atoms with Crippen molar-refractivity contribution in [2.24, 2.45) is 5.73 Å². The number of hydrogen-bond acceptors (Lipinski definition) is 3. The van der Waals surface area contributed by atoms with Crippen LogP contribution in [-0.4, -0.2) is 17.6 Å². The summed E-state index contributed by atoms with van der Waals surface area (Å²) in [5.41, 5.74) is 6.63. The smallest absolute Gasteiger partial charge is 0.138 e. The highest BCUT2D eigenvalue weighted by Gasteiger charge is 1.99. The summed E-state index contributed by atoms with van der Waals surface area (Å²) in [4.78, 5) is 4.12. The first-order valence-corrected chi connectivity index (χ1v) is 5.03. The van der Waals surface area contributed by atoms with Gasteiger partial charge in [-0.15, -0.1) is 0 Å². The molecule has 0 atom stereocenters. The number of pyridine rings is 1. The van der Waals surface area contributed by atoms with Gasteiger partial charge in [-0.25, -0.2) is 0 Å². The lowest BCUT2D eigenvalue weighted by Crippen LogP contribution is -2.06. The molecule has 2 N–H and O–H groups in total. The Labute approximate surface area is 85.3 Å². The van der Waals surface area contributed by atoms with Crippen LogP contribution in [0.15, 0.2) is 18.5 Å². The molecule has 1 aromatic heterocycles. The Morgan fingerprint density at radius 2 is 2.21 bits per heavy atom. The normalized spacial score (nSPS) is 10.6. The number of aryl methyl sites for hydroxylation is 1. The maximum Gasteiger partial charge on any atom is 0.138 e. The van der Waals surface area contributed by atoms with E-state index in [1.807, 2.05) is 26.1 Å². The van der Waals surface area contributed by atoms with Gasteiger partial charge < -0.3 is 10.5 Å². The molecule has 3 nitrogen and oxygen atoms in total. The molecule has 0 unspecified atom stereocenters. The Bertz CT molecular complexity index is 274. The Kier molecular flexibility index (Phi) is 4.40. The van der Waals surface area contributed by atoms with E-state index in [1.54, 1.807) is 6.20 Å². The molecule has 0 saturated carbocycles. The zero-order valence-corrected chi connectivity index (χ0v) is 8.86. The van der Waals surface area contributed by atoms with Crippen LogP contribution in [0.3, 0.4) is 0 Å². The Hall–Kier alpha value is -1.09. The molecule has 0 aliphatic rings. The van der Waals surface area contributed by atoms with E-state index in [1.165, 1.54) is 5.56 Å². The second-order valence-corrected chi connectivity index (χ2v) is 3.59. The van der Waals surface area contributed by atoms with Crippen molar-refractivity contribution in [1.29, 1.82) is 0 Å². The summed E-state index contributed by atoms with van der Waals surface area (Å²) in [6.45, 7) is 4.73. The fourth-order valence-electron chi connectivity index (χ4n) is 1.24. The highest BCUT2D eigenvalue weighted by molar-refractivity contribution is 5.23. The predicted molar refractivity (Wildman–Crippen MR) is 57.4 cm³/mol. The fraction of sp³-hybridized carbons (Fsp3) is 0.545. The highest BCUT2D eigenvalue weighted by atomic mass is 16.5. The molecule has 0 radical (unpaired) electrons. The molecular formula is C11H18N2O. The average molecular weight is 194 g/mol. The highest BCUT2D eigenvalue weighted by Crippen LogP contribution is 2.13. The van der Waals surface area contributed by atoms with Crippen molar-refractivity contribution in [3.05, 3.63) is 24.0 Å². The standard InChI is InChI=1S/C11H18N2O/c1-9(2)14-11-6-10(4-3-5-12)7-13-8-11/h6-9H,3-5,12H2,1-2H3. The second kappa shape index (κ2) is 5.60. The van der Waals surface area contributed by atoms with E-state index in [2.05, 4.69) is 4.98 Å². The van der Waals surface area contributed by atoms with Crippen molar-refractivity contribution >= 4 is 0 Å². The van der Waals surface area contributed by atoms with Gasteiger partial charge in [0.2, 0.25) is 0 Å². The Morgan fingerprint density at radius 3 is 2.86 bits per heavy atom. The maximum atomic E-state index is 5.54. The summed E-state index contributed by atoms with van der Waals surface area (Å²) in [5.74, 6) is 0.842. The Balaban J connectivity index is 2.59. The monoisotopic (exact) mass is 194 g/mol. The van der Waals surface area contributed by atoms with Crippen molar-refractivity contribution in [1.82, 2.24) is 4.98 Å². The summed E-state index contributed by atoms with van der Waals surface area (Å²) < 4.78 is 5.54. The largest absolute Gasteiger partial charge is 0.489 e. The van der Waals surface area contributed by atoms with Crippen LogP contribution in [0.5, 0.6) is 5.75 Å². The summed E-state index contributed by atoms with van der Waals surface area (Å²) >= 11 is 0. The molecule has 1 rings (SSSR count). The number of rotatable bonds is 5. The number of aromatic nitrogens is 1. The molecular weight excluding hydrogens is 176 g/mol. The molecule has 0 aliphatic heterocycles. The lowest BCUT2D eigenvalue weighted by atomic mass is 10.1.